The molecule has 0 unspecified atom stereocenters. The molecule has 0 spiro atoms. The first kappa shape index (κ1) is 17.0. The van der Waals surface area contributed by atoms with Crippen molar-refractivity contribution in [1.82, 2.24) is 4.98 Å². The van der Waals surface area contributed by atoms with Gasteiger partial charge in [0, 0.05) is 24.7 Å². The van der Waals surface area contributed by atoms with Crippen molar-refractivity contribution in [1.29, 1.82) is 0 Å². The Balaban J connectivity index is 1.77. The van der Waals surface area contributed by atoms with Crippen molar-refractivity contribution in [3.63, 3.8) is 0 Å². The maximum atomic E-state index is 12.8. The number of aliphatic hydroxyl groups is 1. The summed E-state index contributed by atoms with van der Waals surface area (Å²) in [5.41, 5.74) is 1.69. The third kappa shape index (κ3) is 3.06. The Morgan fingerprint density at radius 3 is 2.62 bits per heavy atom. The fourth-order valence-electron chi connectivity index (χ4n) is 3.44. The molecule has 1 aromatic heterocycles. The highest BCUT2D eigenvalue weighted by Gasteiger charge is 2.22. The summed E-state index contributed by atoms with van der Waals surface area (Å²) < 4.78 is 25.6. The number of β-amino-alcohol motifs (C(OH)–C–C–N with tert-alkyl or cyclic N) is 1. The van der Waals surface area contributed by atoms with Crippen molar-refractivity contribution in [3.05, 3.63) is 60.8 Å². The second-order valence-corrected chi connectivity index (χ2v) is 8.53. The van der Waals surface area contributed by atoms with Crippen LogP contribution in [0.4, 0.5) is 5.69 Å². The van der Waals surface area contributed by atoms with Crippen LogP contribution in [0.25, 0.3) is 10.9 Å². The van der Waals surface area contributed by atoms with E-state index in [0.717, 1.165) is 36.0 Å². The summed E-state index contributed by atoms with van der Waals surface area (Å²) in [7, 11) is -3.59. The summed E-state index contributed by atoms with van der Waals surface area (Å²) in [5.74, 6) is 0. The van der Waals surface area contributed by atoms with Gasteiger partial charge >= 0.3 is 0 Å². The molecule has 3 aromatic rings. The fraction of sp³-hybridized carbons (Fsp3) is 0.250. The SMILES string of the molecule is O=S(=O)(c1ccccc1)c1cnc2c(N3CCC[C@H](O)C3)cccc2c1. The van der Waals surface area contributed by atoms with E-state index in [4.69, 9.17) is 0 Å². The van der Waals surface area contributed by atoms with E-state index < -0.39 is 9.84 Å². The molecule has 134 valence electrons. The molecule has 1 aliphatic rings. The van der Waals surface area contributed by atoms with Crippen LogP contribution >= 0.6 is 0 Å². The van der Waals surface area contributed by atoms with Gasteiger partial charge in [0.05, 0.1) is 27.1 Å². The predicted octanol–water partition coefficient (Wildman–Crippen LogP) is 3.03. The average molecular weight is 368 g/mol. The first-order chi connectivity index (χ1) is 12.6. The second-order valence-electron chi connectivity index (χ2n) is 6.58. The van der Waals surface area contributed by atoms with E-state index in [1.54, 1.807) is 36.4 Å². The van der Waals surface area contributed by atoms with Gasteiger partial charge in [0.15, 0.2) is 0 Å². The highest BCUT2D eigenvalue weighted by molar-refractivity contribution is 7.91. The van der Waals surface area contributed by atoms with E-state index in [0.29, 0.717) is 6.54 Å². The summed E-state index contributed by atoms with van der Waals surface area (Å²) in [6.07, 6.45) is 2.83. The predicted molar refractivity (Wildman–Crippen MR) is 101 cm³/mol. The highest BCUT2D eigenvalue weighted by atomic mass is 32.2. The summed E-state index contributed by atoms with van der Waals surface area (Å²) in [4.78, 5) is 7.04. The van der Waals surface area contributed by atoms with Gasteiger partial charge in [-0.3, -0.25) is 4.98 Å². The normalized spacial score (nSPS) is 18.2. The smallest absolute Gasteiger partial charge is 0.208 e. The average Bonchev–Trinajstić information content (AvgIpc) is 2.67. The number of aliphatic hydroxyl groups excluding tert-OH is 1. The van der Waals surface area contributed by atoms with E-state index >= 15 is 0 Å². The molecule has 0 aliphatic carbocycles. The van der Waals surface area contributed by atoms with Gasteiger partial charge < -0.3 is 10.0 Å². The molecule has 1 saturated heterocycles. The molecule has 5 nitrogen and oxygen atoms in total. The number of nitrogens with zero attached hydrogens (tertiary/aromatic N) is 2. The summed E-state index contributed by atoms with van der Waals surface area (Å²) >= 11 is 0. The lowest BCUT2D eigenvalue weighted by atomic mass is 10.1. The third-order valence-corrected chi connectivity index (χ3v) is 6.50. The van der Waals surface area contributed by atoms with Crippen LogP contribution in [0.2, 0.25) is 0 Å². The summed E-state index contributed by atoms with van der Waals surface area (Å²) in [5, 5.41) is 10.7. The second kappa shape index (κ2) is 6.70. The van der Waals surface area contributed by atoms with Crippen LogP contribution in [0.15, 0.2) is 70.6 Å². The minimum atomic E-state index is -3.59. The topological polar surface area (TPSA) is 70.5 Å². The molecule has 2 heterocycles. The van der Waals surface area contributed by atoms with Crippen LogP contribution in [-0.2, 0) is 9.84 Å². The zero-order chi connectivity index (χ0) is 18.1. The van der Waals surface area contributed by atoms with Crippen molar-refractivity contribution >= 4 is 26.4 Å². The summed E-state index contributed by atoms with van der Waals surface area (Å²) in [6, 6.07) is 15.8. The van der Waals surface area contributed by atoms with Gasteiger partial charge in [0.1, 0.15) is 0 Å². The highest BCUT2D eigenvalue weighted by Crippen LogP contribution is 2.30. The van der Waals surface area contributed by atoms with E-state index in [1.165, 1.54) is 6.20 Å². The number of rotatable bonds is 3. The maximum absolute atomic E-state index is 12.8. The van der Waals surface area contributed by atoms with Gasteiger partial charge in [-0.2, -0.15) is 0 Å². The molecular weight excluding hydrogens is 348 g/mol. The lowest BCUT2D eigenvalue weighted by Crippen LogP contribution is -2.38. The van der Waals surface area contributed by atoms with Crippen LogP contribution in [0.1, 0.15) is 12.8 Å². The van der Waals surface area contributed by atoms with Crippen molar-refractivity contribution < 1.29 is 13.5 Å². The zero-order valence-corrected chi connectivity index (χ0v) is 15.1. The molecule has 1 N–H and O–H groups in total. The molecule has 0 bridgehead atoms. The molecular formula is C20H20N2O3S. The quantitative estimate of drug-likeness (QED) is 0.769. The zero-order valence-electron chi connectivity index (χ0n) is 14.2. The van der Waals surface area contributed by atoms with Gasteiger partial charge in [-0.15, -0.1) is 0 Å². The first-order valence-corrected chi connectivity index (χ1v) is 10.2. The van der Waals surface area contributed by atoms with Crippen LogP contribution in [0.3, 0.4) is 0 Å². The molecule has 6 heteroatoms. The number of piperidine rings is 1. The monoisotopic (exact) mass is 368 g/mol. The van der Waals surface area contributed by atoms with E-state index in [-0.39, 0.29) is 15.9 Å². The number of hydrogen-bond donors (Lipinski definition) is 1. The van der Waals surface area contributed by atoms with Crippen molar-refractivity contribution in [2.75, 3.05) is 18.0 Å². The van der Waals surface area contributed by atoms with Gasteiger partial charge in [-0.25, -0.2) is 8.42 Å². The number of fused-ring (bicyclic) bond motifs is 1. The molecule has 0 amide bonds. The molecule has 26 heavy (non-hydrogen) atoms. The number of pyridine rings is 1. The van der Waals surface area contributed by atoms with E-state index in [2.05, 4.69) is 9.88 Å². The van der Waals surface area contributed by atoms with Gasteiger partial charge in [-0.1, -0.05) is 30.3 Å². The number of anilines is 1. The Morgan fingerprint density at radius 1 is 1.04 bits per heavy atom. The van der Waals surface area contributed by atoms with Crippen molar-refractivity contribution in [2.24, 2.45) is 0 Å². The van der Waals surface area contributed by atoms with Crippen LogP contribution in [0, 0.1) is 0 Å². The number of para-hydroxylation sites is 1. The number of sulfone groups is 1. The molecule has 0 saturated carbocycles. The van der Waals surface area contributed by atoms with Gasteiger partial charge in [0.2, 0.25) is 9.84 Å². The van der Waals surface area contributed by atoms with E-state index in [1.807, 2.05) is 18.2 Å². The number of aromatic nitrogens is 1. The van der Waals surface area contributed by atoms with Crippen LogP contribution in [0.5, 0.6) is 0 Å². The molecule has 4 rings (SSSR count). The van der Waals surface area contributed by atoms with Gasteiger partial charge in [-0.05, 0) is 37.1 Å². The Labute approximate surface area is 152 Å². The van der Waals surface area contributed by atoms with Crippen molar-refractivity contribution in [2.45, 2.75) is 28.7 Å². The molecule has 2 aromatic carbocycles. The molecule has 1 aliphatic heterocycles. The van der Waals surface area contributed by atoms with Gasteiger partial charge in [0.25, 0.3) is 0 Å². The fourth-order valence-corrected chi connectivity index (χ4v) is 4.70. The van der Waals surface area contributed by atoms with Crippen LogP contribution in [-0.4, -0.2) is 37.7 Å². The van der Waals surface area contributed by atoms with Crippen LogP contribution < -0.4 is 4.90 Å². The van der Waals surface area contributed by atoms with E-state index in [9.17, 15) is 13.5 Å². The molecule has 0 radical (unpaired) electrons. The molecule has 1 fully saturated rings. The molecule has 1 atom stereocenters. The lowest BCUT2D eigenvalue weighted by molar-refractivity contribution is 0.154. The minimum absolute atomic E-state index is 0.187. The Bertz CT molecular complexity index is 1040. The number of benzene rings is 2. The third-order valence-electron chi connectivity index (χ3n) is 4.77. The largest absolute Gasteiger partial charge is 0.391 e. The minimum Gasteiger partial charge on any atom is -0.391 e. The standard InChI is InChI=1S/C20H20N2O3S/c23-16-7-5-11-22(14-16)19-10-4-6-15-12-18(13-21-20(15)19)26(24,25)17-8-2-1-3-9-17/h1-4,6,8-10,12-13,16,23H,5,7,11,14H2/t16-/m0/s1. The first-order valence-electron chi connectivity index (χ1n) is 8.67. The maximum Gasteiger partial charge on any atom is 0.208 e. The Kier molecular flexibility index (Phi) is 4.38. The van der Waals surface area contributed by atoms with Crippen molar-refractivity contribution in [3.8, 4) is 0 Å². The number of hydrogen-bond acceptors (Lipinski definition) is 5. The Hall–Kier alpha value is -2.44. The summed E-state index contributed by atoms with van der Waals surface area (Å²) in [6.45, 7) is 1.44. The lowest BCUT2D eigenvalue weighted by Gasteiger charge is -2.32. The Morgan fingerprint density at radius 2 is 1.85 bits per heavy atom.